The molecule has 10 nitrogen and oxygen atoms in total. The van der Waals surface area contributed by atoms with Gasteiger partial charge in [-0.05, 0) is 50.1 Å². The zero-order valence-electron chi connectivity index (χ0n) is 20.7. The highest BCUT2D eigenvalue weighted by Crippen LogP contribution is 2.35. The minimum Gasteiger partial charge on any atom is -0.454 e. The van der Waals surface area contributed by atoms with Crippen LogP contribution in [0.15, 0.2) is 47.5 Å². The third kappa shape index (κ3) is 4.00. The summed E-state index contributed by atoms with van der Waals surface area (Å²) in [7, 11) is 0. The van der Waals surface area contributed by atoms with Gasteiger partial charge in [0.05, 0.1) is 22.8 Å². The summed E-state index contributed by atoms with van der Waals surface area (Å²) in [4.78, 5) is 26.8. The van der Waals surface area contributed by atoms with E-state index < -0.39 is 11.9 Å². The van der Waals surface area contributed by atoms with Crippen molar-refractivity contribution in [2.45, 2.75) is 44.7 Å². The fraction of sp³-hybridized carbons (Fsp3) is 0.296. The van der Waals surface area contributed by atoms with Crippen LogP contribution in [0.1, 0.15) is 61.6 Å². The van der Waals surface area contributed by atoms with Crippen molar-refractivity contribution >= 4 is 28.3 Å². The maximum absolute atomic E-state index is 14.7. The Morgan fingerprint density at radius 3 is 2.79 bits per heavy atom. The molecule has 4 aromatic rings. The molecule has 2 aromatic carbocycles. The fourth-order valence-electron chi connectivity index (χ4n) is 5.26. The number of halogens is 1. The number of fused-ring (bicyclic) bond motifs is 2. The Hall–Kier alpha value is -4.54. The van der Waals surface area contributed by atoms with E-state index in [9.17, 15) is 9.18 Å². The van der Waals surface area contributed by atoms with Crippen molar-refractivity contribution in [1.29, 1.82) is 5.41 Å². The highest BCUT2D eigenvalue weighted by molar-refractivity contribution is 6.16. The summed E-state index contributed by atoms with van der Waals surface area (Å²) in [5.74, 6) is 1.48. The van der Waals surface area contributed by atoms with Crippen molar-refractivity contribution in [2.75, 3.05) is 17.8 Å². The van der Waals surface area contributed by atoms with Crippen LogP contribution in [0.4, 0.5) is 16.0 Å². The second kappa shape index (κ2) is 9.40. The van der Waals surface area contributed by atoms with Gasteiger partial charge >= 0.3 is 0 Å². The molecule has 0 amide bonds. The summed E-state index contributed by atoms with van der Waals surface area (Å²) < 4.78 is 27.1. The predicted molar refractivity (Wildman–Crippen MR) is 140 cm³/mol. The molecule has 2 aromatic heterocycles. The van der Waals surface area contributed by atoms with Crippen molar-refractivity contribution in [3.05, 3.63) is 75.8 Å². The predicted octanol–water partition coefficient (Wildman–Crippen LogP) is 4.34. The smallest absolute Gasteiger partial charge is 0.264 e. The normalized spacial score (nSPS) is 15.6. The number of nitrogen functional groups attached to an aromatic ring is 1. The van der Waals surface area contributed by atoms with E-state index in [1.165, 1.54) is 12.4 Å². The van der Waals surface area contributed by atoms with Crippen molar-refractivity contribution in [1.82, 2.24) is 19.5 Å². The van der Waals surface area contributed by atoms with Gasteiger partial charge in [-0.3, -0.25) is 14.8 Å². The first kappa shape index (κ1) is 23.8. The topological polar surface area (TPSA) is 141 Å². The molecule has 2 aliphatic rings. The van der Waals surface area contributed by atoms with Gasteiger partial charge in [0.1, 0.15) is 35.0 Å². The third-order valence-electron chi connectivity index (χ3n) is 7.12. The van der Waals surface area contributed by atoms with Crippen LogP contribution >= 0.6 is 0 Å². The lowest BCUT2D eigenvalue weighted by atomic mass is 10.0. The average molecular weight is 516 g/mol. The Morgan fingerprint density at radius 1 is 1.18 bits per heavy atom. The molecule has 4 N–H and O–H groups in total. The van der Waals surface area contributed by atoms with E-state index in [1.54, 1.807) is 34.9 Å². The van der Waals surface area contributed by atoms with Gasteiger partial charge < -0.3 is 20.5 Å². The van der Waals surface area contributed by atoms with E-state index >= 15 is 0 Å². The van der Waals surface area contributed by atoms with Gasteiger partial charge in [0.15, 0.2) is 11.5 Å². The minimum absolute atomic E-state index is 0.00749. The second-order valence-corrected chi connectivity index (χ2v) is 9.51. The highest BCUT2D eigenvalue weighted by atomic mass is 19.1. The van der Waals surface area contributed by atoms with Gasteiger partial charge in [0.2, 0.25) is 6.79 Å². The maximum atomic E-state index is 14.7. The number of aromatic nitrogens is 4. The minimum atomic E-state index is -0.582. The summed E-state index contributed by atoms with van der Waals surface area (Å²) >= 11 is 0. The molecular weight excluding hydrogens is 489 g/mol. The van der Waals surface area contributed by atoms with Crippen molar-refractivity contribution < 1.29 is 13.9 Å². The van der Waals surface area contributed by atoms with Crippen LogP contribution in [0.2, 0.25) is 0 Å². The monoisotopic (exact) mass is 515 g/mol. The number of hydrogen-bond donors (Lipinski definition) is 3. The zero-order valence-corrected chi connectivity index (χ0v) is 20.7. The van der Waals surface area contributed by atoms with E-state index in [2.05, 4.69) is 15.3 Å². The molecule has 1 saturated carbocycles. The number of rotatable bonds is 6. The number of ether oxygens (including phenoxy) is 2. The van der Waals surface area contributed by atoms with Gasteiger partial charge in [0, 0.05) is 11.6 Å². The van der Waals surface area contributed by atoms with E-state index in [0.29, 0.717) is 39.8 Å². The van der Waals surface area contributed by atoms with Crippen molar-refractivity contribution in [3.8, 4) is 11.5 Å². The lowest BCUT2D eigenvalue weighted by Crippen LogP contribution is -2.31. The molecule has 1 aliphatic heterocycles. The number of nitrogens with zero attached hydrogens (tertiary/aromatic N) is 4. The summed E-state index contributed by atoms with van der Waals surface area (Å²) in [6.45, 7) is 1.98. The molecule has 0 radical (unpaired) electrons. The molecule has 0 bridgehead atoms. The number of hydrogen-bond acceptors (Lipinski definition) is 9. The number of benzene rings is 2. The number of nitrogens with two attached hydrogens (primary N) is 1. The van der Waals surface area contributed by atoms with Crippen molar-refractivity contribution in [2.24, 2.45) is 0 Å². The van der Waals surface area contributed by atoms with Crippen LogP contribution in [0.25, 0.3) is 10.9 Å². The summed E-state index contributed by atoms with van der Waals surface area (Å²) in [5, 5.41) is 12.2. The van der Waals surface area contributed by atoms with E-state index in [0.717, 1.165) is 25.7 Å². The summed E-state index contributed by atoms with van der Waals surface area (Å²) in [5.41, 5.74) is 7.09. The Kier molecular flexibility index (Phi) is 5.90. The Bertz CT molecular complexity index is 1630. The average Bonchev–Trinajstić information content (AvgIpc) is 3.60. The largest absolute Gasteiger partial charge is 0.454 e. The Labute approximate surface area is 217 Å². The first-order valence-corrected chi connectivity index (χ1v) is 12.5. The van der Waals surface area contributed by atoms with E-state index in [1.807, 2.05) is 6.92 Å². The van der Waals surface area contributed by atoms with E-state index in [4.69, 9.17) is 25.6 Å². The van der Waals surface area contributed by atoms with Crippen LogP contribution in [-0.4, -0.2) is 32.0 Å². The SMILES string of the molecule is CC(Nc1ncnc(N)c1C(=N)c1ccc2c(c1)OCO2)c1nc2cccc(F)c2c(=O)n1C1CCCC1. The lowest BCUT2D eigenvalue weighted by molar-refractivity contribution is 0.174. The zero-order chi connectivity index (χ0) is 26.4. The molecule has 3 heterocycles. The van der Waals surface area contributed by atoms with Gasteiger partial charge in [0.25, 0.3) is 5.56 Å². The van der Waals surface area contributed by atoms with Crippen LogP contribution in [0, 0.1) is 11.2 Å². The molecule has 38 heavy (non-hydrogen) atoms. The van der Waals surface area contributed by atoms with Gasteiger partial charge in [-0.25, -0.2) is 19.3 Å². The molecule has 11 heteroatoms. The lowest BCUT2D eigenvalue weighted by Gasteiger charge is -2.24. The molecular formula is C27H26FN7O3. The highest BCUT2D eigenvalue weighted by Gasteiger charge is 2.27. The molecule has 0 spiro atoms. The first-order chi connectivity index (χ1) is 18.4. The van der Waals surface area contributed by atoms with Gasteiger partial charge in [-0.1, -0.05) is 18.9 Å². The summed E-state index contributed by atoms with van der Waals surface area (Å²) in [6, 6.07) is 9.06. The number of anilines is 2. The molecule has 6 rings (SSSR count). The second-order valence-electron chi connectivity index (χ2n) is 9.51. The van der Waals surface area contributed by atoms with Crippen LogP contribution in [0.3, 0.4) is 0 Å². The summed E-state index contributed by atoms with van der Waals surface area (Å²) in [6.07, 6.45) is 4.94. The standard InChI is InChI=1S/C27H26FN7O3/c1-14(26-34-18-8-4-7-17(28)21(18)27(36)35(26)16-5-2-3-6-16)33-25-22(24(30)31-12-32-25)23(29)15-9-10-19-20(11-15)38-13-37-19/h4,7-12,14,16,29H,2-3,5-6,13H2,1H3,(H3,30,31,32,33). The Morgan fingerprint density at radius 2 is 1.97 bits per heavy atom. The molecule has 1 fully saturated rings. The van der Waals surface area contributed by atoms with Gasteiger partial charge in [-0.2, -0.15) is 0 Å². The van der Waals surface area contributed by atoms with Gasteiger partial charge in [-0.15, -0.1) is 0 Å². The molecule has 1 unspecified atom stereocenters. The molecule has 194 valence electrons. The Balaban J connectivity index is 1.41. The van der Waals surface area contributed by atoms with Crippen LogP contribution < -0.4 is 26.1 Å². The van der Waals surface area contributed by atoms with E-state index in [-0.39, 0.29) is 35.3 Å². The van der Waals surface area contributed by atoms with Crippen LogP contribution in [0.5, 0.6) is 11.5 Å². The van der Waals surface area contributed by atoms with Crippen molar-refractivity contribution in [3.63, 3.8) is 0 Å². The quantitative estimate of drug-likeness (QED) is 0.322. The first-order valence-electron chi connectivity index (χ1n) is 12.5. The molecule has 0 saturated heterocycles. The van der Waals surface area contributed by atoms with Crippen LogP contribution in [-0.2, 0) is 0 Å². The number of nitrogens with one attached hydrogen (secondary N) is 2. The fourth-order valence-corrected chi connectivity index (χ4v) is 5.26. The molecule has 1 aliphatic carbocycles. The molecule has 1 atom stereocenters. The third-order valence-corrected chi connectivity index (χ3v) is 7.12. The maximum Gasteiger partial charge on any atom is 0.264 e.